The van der Waals surface area contributed by atoms with E-state index in [1.54, 1.807) is 0 Å². The molecule has 0 aliphatic carbocycles. The van der Waals surface area contributed by atoms with Crippen LogP contribution in [0.4, 0.5) is 0 Å². The number of hydrogen-bond donors (Lipinski definition) is 0. The van der Waals surface area contributed by atoms with Crippen molar-refractivity contribution < 1.29 is 14.3 Å². The van der Waals surface area contributed by atoms with E-state index in [1.807, 2.05) is 25.1 Å². The summed E-state index contributed by atoms with van der Waals surface area (Å²) in [5.41, 5.74) is 0.656. The molecule has 2 rings (SSSR count). The number of nitrogens with zero attached hydrogens (tertiary/aromatic N) is 1. The zero-order valence-electron chi connectivity index (χ0n) is 12.1. The van der Waals surface area contributed by atoms with Crippen LogP contribution < -0.4 is 4.74 Å². The zero-order chi connectivity index (χ0) is 14.4. The first-order chi connectivity index (χ1) is 9.70. The molecular weight excluding hydrogens is 358 g/mol. The van der Waals surface area contributed by atoms with E-state index in [4.69, 9.17) is 9.47 Å². The number of rotatable bonds is 6. The normalized spacial score (nSPS) is 15.3. The fourth-order valence-electron chi connectivity index (χ4n) is 2.15. The molecule has 1 aromatic rings. The highest BCUT2D eigenvalue weighted by Crippen LogP contribution is 2.24. The summed E-state index contributed by atoms with van der Waals surface area (Å²) in [4.78, 5) is 14.2. The van der Waals surface area contributed by atoms with Crippen LogP contribution >= 0.6 is 28.3 Å². The van der Waals surface area contributed by atoms with Gasteiger partial charge in [-0.2, -0.15) is 0 Å². The Balaban J connectivity index is 0.00000220. The molecule has 4 nitrogen and oxygen atoms in total. The van der Waals surface area contributed by atoms with Gasteiger partial charge in [-0.05, 0) is 18.2 Å². The number of ketones is 1. The highest BCUT2D eigenvalue weighted by molar-refractivity contribution is 9.10. The van der Waals surface area contributed by atoms with E-state index < -0.39 is 0 Å². The molecule has 6 heteroatoms. The van der Waals surface area contributed by atoms with Crippen molar-refractivity contribution in [2.45, 2.75) is 13.3 Å². The largest absolute Gasteiger partial charge is 0.491 e. The number of halogens is 2. The Labute approximate surface area is 140 Å². The molecule has 1 fully saturated rings. The SMILES string of the molecule is CCC(=O)c1cc(Br)ccc1OCCN1CCOCC1.Cl. The molecule has 0 unspecified atom stereocenters. The lowest BCUT2D eigenvalue weighted by atomic mass is 10.1. The van der Waals surface area contributed by atoms with Gasteiger partial charge in [0.1, 0.15) is 12.4 Å². The Bertz CT molecular complexity index is 464. The Morgan fingerprint density at radius 2 is 2.10 bits per heavy atom. The molecule has 1 heterocycles. The monoisotopic (exact) mass is 377 g/mol. The summed E-state index contributed by atoms with van der Waals surface area (Å²) >= 11 is 3.39. The number of morpholine rings is 1. The third kappa shape index (κ3) is 5.58. The fourth-order valence-corrected chi connectivity index (χ4v) is 2.51. The Hall–Kier alpha value is -0.620. The molecule has 0 bridgehead atoms. The molecule has 1 aliphatic rings. The average molecular weight is 379 g/mol. The van der Waals surface area contributed by atoms with E-state index in [9.17, 15) is 4.79 Å². The second kappa shape index (κ2) is 9.41. The summed E-state index contributed by atoms with van der Waals surface area (Å²) in [6.45, 7) is 6.79. The van der Waals surface area contributed by atoms with Crippen LogP contribution in [-0.4, -0.2) is 50.1 Å². The van der Waals surface area contributed by atoms with Crippen LogP contribution in [0.5, 0.6) is 5.75 Å². The molecule has 0 radical (unpaired) electrons. The van der Waals surface area contributed by atoms with Gasteiger partial charge >= 0.3 is 0 Å². The highest BCUT2D eigenvalue weighted by atomic mass is 79.9. The van der Waals surface area contributed by atoms with Gasteiger partial charge in [-0.15, -0.1) is 12.4 Å². The lowest BCUT2D eigenvalue weighted by Crippen LogP contribution is -2.38. The molecule has 0 saturated carbocycles. The topological polar surface area (TPSA) is 38.8 Å². The molecule has 1 aliphatic heterocycles. The maximum absolute atomic E-state index is 11.9. The number of benzene rings is 1. The van der Waals surface area contributed by atoms with E-state index in [-0.39, 0.29) is 18.2 Å². The van der Waals surface area contributed by atoms with Crippen molar-refractivity contribution in [3.8, 4) is 5.75 Å². The van der Waals surface area contributed by atoms with Gasteiger partial charge in [0.2, 0.25) is 0 Å². The van der Waals surface area contributed by atoms with Gasteiger partial charge in [0.15, 0.2) is 5.78 Å². The van der Waals surface area contributed by atoms with Gasteiger partial charge in [-0.3, -0.25) is 9.69 Å². The van der Waals surface area contributed by atoms with Crippen molar-refractivity contribution in [2.24, 2.45) is 0 Å². The number of hydrogen-bond acceptors (Lipinski definition) is 4. The number of Topliss-reactive ketones (excluding diaryl/α,β-unsaturated/α-hetero) is 1. The summed E-state index contributed by atoms with van der Waals surface area (Å²) in [5, 5.41) is 0. The van der Waals surface area contributed by atoms with E-state index in [1.165, 1.54) is 0 Å². The zero-order valence-corrected chi connectivity index (χ0v) is 14.5. The standard InChI is InChI=1S/C15H20BrNO3.ClH/c1-2-14(18)13-11-12(16)3-4-15(13)20-10-7-17-5-8-19-9-6-17;/h3-4,11H,2,5-10H2,1H3;1H. The minimum Gasteiger partial charge on any atom is -0.491 e. The van der Waals surface area contributed by atoms with Crippen molar-refractivity contribution >= 4 is 34.1 Å². The summed E-state index contributed by atoms with van der Waals surface area (Å²) in [6.07, 6.45) is 0.482. The summed E-state index contributed by atoms with van der Waals surface area (Å²) in [5.74, 6) is 0.779. The maximum atomic E-state index is 11.9. The summed E-state index contributed by atoms with van der Waals surface area (Å²) in [7, 11) is 0. The average Bonchev–Trinajstić information content (AvgIpc) is 2.49. The van der Waals surface area contributed by atoms with E-state index in [0.717, 1.165) is 37.3 Å². The lowest BCUT2D eigenvalue weighted by Gasteiger charge is -2.26. The smallest absolute Gasteiger partial charge is 0.166 e. The molecule has 0 spiro atoms. The Morgan fingerprint density at radius 3 is 2.76 bits per heavy atom. The van der Waals surface area contributed by atoms with E-state index >= 15 is 0 Å². The maximum Gasteiger partial charge on any atom is 0.166 e. The van der Waals surface area contributed by atoms with Gasteiger partial charge in [0.25, 0.3) is 0 Å². The van der Waals surface area contributed by atoms with Crippen LogP contribution in [0.25, 0.3) is 0 Å². The molecule has 0 aromatic heterocycles. The van der Waals surface area contributed by atoms with Crippen LogP contribution in [0.2, 0.25) is 0 Å². The van der Waals surface area contributed by atoms with Crippen molar-refractivity contribution in [2.75, 3.05) is 39.5 Å². The van der Waals surface area contributed by atoms with Crippen LogP contribution in [0.1, 0.15) is 23.7 Å². The summed E-state index contributed by atoms with van der Waals surface area (Å²) in [6, 6.07) is 5.58. The predicted octanol–water partition coefficient (Wildman–Crippen LogP) is 3.17. The van der Waals surface area contributed by atoms with E-state index in [0.29, 0.717) is 24.3 Å². The first-order valence-corrected chi connectivity index (χ1v) is 7.75. The molecule has 118 valence electrons. The predicted molar refractivity (Wildman–Crippen MR) is 88.8 cm³/mol. The second-order valence-electron chi connectivity index (χ2n) is 4.72. The van der Waals surface area contributed by atoms with Gasteiger partial charge in [0.05, 0.1) is 18.8 Å². The van der Waals surface area contributed by atoms with Crippen molar-refractivity contribution in [1.82, 2.24) is 4.90 Å². The van der Waals surface area contributed by atoms with E-state index in [2.05, 4.69) is 20.8 Å². The number of carbonyl (C=O) groups excluding carboxylic acids is 1. The van der Waals surface area contributed by atoms with Gasteiger partial charge < -0.3 is 9.47 Å². The first kappa shape index (κ1) is 18.4. The molecular formula is C15H21BrClNO3. The quantitative estimate of drug-likeness (QED) is 0.713. The van der Waals surface area contributed by atoms with Crippen molar-refractivity contribution in [1.29, 1.82) is 0 Å². The van der Waals surface area contributed by atoms with Gasteiger partial charge in [-0.1, -0.05) is 22.9 Å². The van der Waals surface area contributed by atoms with Crippen molar-refractivity contribution in [3.05, 3.63) is 28.2 Å². The third-order valence-electron chi connectivity index (χ3n) is 3.33. The first-order valence-electron chi connectivity index (χ1n) is 6.96. The molecule has 1 aromatic carbocycles. The Morgan fingerprint density at radius 1 is 1.38 bits per heavy atom. The number of carbonyl (C=O) groups is 1. The molecule has 0 N–H and O–H groups in total. The second-order valence-corrected chi connectivity index (χ2v) is 5.64. The molecule has 1 saturated heterocycles. The molecule has 21 heavy (non-hydrogen) atoms. The summed E-state index contributed by atoms with van der Waals surface area (Å²) < 4.78 is 12.0. The fraction of sp³-hybridized carbons (Fsp3) is 0.533. The van der Waals surface area contributed by atoms with Crippen molar-refractivity contribution in [3.63, 3.8) is 0 Å². The third-order valence-corrected chi connectivity index (χ3v) is 3.83. The minimum absolute atomic E-state index is 0. The highest BCUT2D eigenvalue weighted by Gasteiger charge is 2.13. The van der Waals surface area contributed by atoms with Crippen LogP contribution in [0.15, 0.2) is 22.7 Å². The van der Waals surface area contributed by atoms with Crippen LogP contribution in [0.3, 0.4) is 0 Å². The van der Waals surface area contributed by atoms with Crippen LogP contribution in [0, 0.1) is 0 Å². The van der Waals surface area contributed by atoms with Gasteiger partial charge in [0, 0.05) is 30.5 Å². The molecule has 0 atom stereocenters. The van der Waals surface area contributed by atoms with Crippen LogP contribution in [-0.2, 0) is 4.74 Å². The lowest BCUT2D eigenvalue weighted by molar-refractivity contribution is 0.0322. The minimum atomic E-state index is 0. The number of ether oxygens (including phenoxy) is 2. The van der Waals surface area contributed by atoms with Gasteiger partial charge in [-0.25, -0.2) is 0 Å². The molecule has 0 amide bonds. The Kier molecular flexibility index (Phi) is 8.26.